The summed E-state index contributed by atoms with van der Waals surface area (Å²) in [5.41, 5.74) is 3.98. The zero-order chi connectivity index (χ0) is 17.4. The molecular weight excluding hydrogens is 310 g/mol. The Bertz CT molecular complexity index is 1210. The first kappa shape index (κ1) is 15.3. The third kappa shape index (κ3) is 2.62. The number of aromatic amines is 2. The molecule has 0 aliphatic heterocycles. The molecule has 0 aliphatic carbocycles. The molecule has 0 atom stereocenters. The molecule has 2 N–H and O–H groups in total. The molecule has 0 amide bonds. The average molecular weight is 329 g/mol. The summed E-state index contributed by atoms with van der Waals surface area (Å²) in [4.78, 5) is 16.1. The van der Waals surface area contributed by atoms with E-state index in [-0.39, 0.29) is 5.56 Å². The van der Waals surface area contributed by atoms with Gasteiger partial charge in [-0.1, -0.05) is 43.8 Å². The minimum Gasteiger partial charge on any atom is -0.361 e. The number of aryl methyl sites for hydroxylation is 1. The van der Waals surface area contributed by atoms with Gasteiger partial charge in [0.25, 0.3) is 5.56 Å². The topological polar surface area (TPSA) is 53.6 Å². The molecule has 0 aliphatic rings. The number of hydrogen-bond acceptors (Lipinski definition) is 1. The van der Waals surface area contributed by atoms with Crippen LogP contribution in [0.3, 0.4) is 0 Å². The molecule has 0 saturated carbocycles. The van der Waals surface area contributed by atoms with Gasteiger partial charge in [0.05, 0.1) is 16.3 Å². The number of rotatable bonds is 3. The molecule has 0 fully saturated rings. The van der Waals surface area contributed by atoms with Crippen LogP contribution < -0.4 is 16.1 Å². The molecule has 2 aromatic heterocycles. The van der Waals surface area contributed by atoms with Crippen molar-refractivity contribution in [3.8, 4) is 5.69 Å². The first-order valence-corrected chi connectivity index (χ1v) is 8.34. The Labute approximate surface area is 144 Å². The standard InChI is InChI=1S/C21H19N3O/c1-3-15-8-10-17(11-9-15)24-21(25)19(14(2)23-24)12-16-13-22-20-7-5-4-6-18(16)20/h4-13,22-23H,2-3H2,1H3/b19-12+. The highest BCUT2D eigenvalue weighted by Crippen LogP contribution is 2.17. The van der Waals surface area contributed by atoms with Gasteiger partial charge in [-0.05, 0) is 36.3 Å². The van der Waals surface area contributed by atoms with Crippen molar-refractivity contribution < 1.29 is 0 Å². The van der Waals surface area contributed by atoms with E-state index in [1.54, 1.807) is 4.68 Å². The van der Waals surface area contributed by atoms with Crippen molar-refractivity contribution in [2.45, 2.75) is 13.3 Å². The molecule has 0 spiro atoms. The van der Waals surface area contributed by atoms with Crippen LogP contribution in [0.25, 0.3) is 29.2 Å². The average Bonchev–Trinajstić information content (AvgIpc) is 3.18. The van der Waals surface area contributed by atoms with Gasteiger partial charge in [-0.2, -0.15) is 0 Å². The van der Waals surface area contributed by atoms with Crippen LogP contribution in [0, 0.1) is 0 Å². The molecule has 4 nitrogen and oxygen atoms in total. The van der Waals surface area contributed by atoms with Crippen molar-refractivity contribution in [2.24, 2.45) is 0 Å². The summed E-state index contributed by atoms with van der Waals surface area (Å²) in [5.74, 6) is 0. The van der Waals surface area contributed by atoms with Gasteiger partial charge in [-0.15, -0.1) is 0 Å². The fourth-order valence-electron chi connectivity index (χ4n) is 3.08. The summed E-state index contributed by atoms with van der Waals surface area (Å²) in [6, 6.07) is 16.0. The maximum Gasteiger partial charge on any atom is 0.279 e. The summed E-state index contributed by atoms with van der Waals surface area (Å²) in [7, 11) is 0. The van der Waals surface area contributed by atoms with E-state index < -0.39 is 0 Å². The predicted molar refractivity (Wildman–Crippen MR) is 102 cm³/mol. The van der Waals surface area contributed by atoms with E-state index in [4.69, 9.17) is 0 Å². The predicted octanol–water partition coefficient (Wildman–Crippen LogP) is 2.45. The summed E-state index contributed by atoms with van der Waals surface area (Å²) >= 11 is 0. The highest BCUT2D eigenvalue weighted by Gasteiger charge is 2.06. The molecule has 2 heterocycles. The van der Waals surface area contributed by atoms with E-state index in [0.29, 0.717) is 10.6 Å². The SMILES string of the molecule is C=c1[nH]n(-c2ccc(CC)cc2)c(=O)/c1=C/c1c[nH]c2ccccc12. The van der Waals surface area contributed by atoms with Crippen molar-refractivity contribution >= 4 is 23.6 Å². The van der Waals surface area contributed by atoms with Gasteiger partial charge in [-0.3, -0.25) is 9.89 Å². The number of benzene rings is 2. The quantitative estimate of drug-likeness (QED) is 0.596. The second-order valence-corrected chi connectivity index (χ2v) is 6.10. The lowest BCUT2D eigenvalue weighted by atomic mass is 10.1. The maximum atomic E-state index is 12.9. The van der Waals surface area contributed by atoms with E-state index in [1.165, 1.54) is 5.56 Å². The van der Waals surface area contributed by atoms with E-state index in [2.05, 4.69) is 23.6 Å². The lowest BCUT2D eigenvalue weighted by Gasteiger charge is -2.02. The molecule has 4 aromatic rings. The number of hydrogen-bond donors (Lipinski definition) is 2. The van der Waals surface area contributed by atoms with Crippen molar-refractivity contribution in [3.05, 3.63) is 86.8 Å². The molecular formula is C21H19N3O. The van der Waals surface area contributed by atoms with Crippen LogP contribution in [0.2, 0.25) is 0 Å². The smallest absolute Gasteiger partial charge is 0.279 e. The Morgan fingerprint density at radius 1 is 1.12 bits per heavy atom. The number of H-pyrrole nitrogens is 2. The Morgan fingerprint density at radius 3 is 2.64 bits per heavy atom. The number of nitrogens with one attached hydrogen (secondary N) is 2. The highest BCUT2D eigenvalue weighted by atomic mass is 16.1. The minimum atomic E-state index is -0.0977. The first-order valence-electron chi connectivity index (χ1n) is 8.34. The fraction of sp³-hybridized carbons (Fsp3) is 0.0952. The van der Waals surface area contributed by atoms with Gasteiger partial charge in [0.2, 0.25) is 0 Å². The van der Waals surface area contributed by atoms with Gasteiger partial charge in [-0.25, -0.2) is 4.68 Å². The Kier molecular flexibility index (Phi) is 3.65. The second kappa shape index (κ2) is 5.98. The molecule has 2 aromatic carbocycles. The van der Waals surface area contributed by atoms with Gasteiger partial charge in [0.1, 0.15) is 0 Å². The molecule has 0 bridgehead atoms. The maximum absolute atomic E-state index is 12.9. The lowest BCUT2D eigenvalue weighted by molar-refractivity contribution is 0.837. The van der Waals surface area contributed by atoms with Crippen LogP contribution in [0.15, 0.2) is 59.5 Å². The molecule has 4 rings (SSSR count). The number of nitrogens with zero attached hydrogens (tertiary/aromatic N) is 1. The molecule has 0 saturated heterocycles. The van der Waals surface area contributed by atoms with Crippen LogP contribution in [-0.4, -0.2) is 14.8 Å². The fourth-order valence-corrected chi connectivity index (χ4v) is 3.08. The second-order valence-electron chi connectivity index (χ2n) is 6.10. The van der Waals surface area contributed by atoms with E-state index in [1.807, 2.05) is 60.8 Å². The van der Waals surface area contributed by atoms with Gasteiger partial charge >= 0.3 is 0 Å². The van der Waals surface area contributed by atoms with Crippen molar-refractivity contribution in [1.82, 2.24) is 14.8 Å². The minimum absolute atomic E-state index is 0.0977. The Hall–Kier alpha value is -3.27. The lowest BCUT2D eigenvalue weighted by Crippen LogP contribution is -2.33. The van der Waals surface area contributed by atoms with E-state index in [0.717, 1.165) is 28.6 Å². The van der Waals surface area contributed by atoms with Gasteiger partial charge < -0.3 is 4.98 Å². The van der Waals surface area contributed by atoms with Crippen LogP contribution in [0.4, 0.5) is 0 Å². The Morgan fingerprint density at radius 2 is 1.88 bits per heavy atom. The highest BCUT2D eigenvalue weighted by molar-refractivity contribution is 5.88. The zero-order valence-corrected chi connectivity index (χ0v) is 14.0. The van der Waals surface area contributed by atoms with Crippen LogP contribution in [0.1, 0.15) is 18.1 Å². The monoisotopic (exact) mass is 329 g/mol. The summed E-state index contributed by atoms with van der Waals surface area (Å²) in [5, 5.41) is 5.34. The normalized spacial score (nSPS) is 12.1. The molecule has 124 valence electrons. The van der Waals surface area contributed by atoms with Crippen LogP contribution in [-0.2, 0) is 6.42 Å². The van der Waals surface area contributed by atoms with Crippen molar-refractivity contribution in [1.29, 1.82) is 0 Å². The van der Waals surface area contributed by atoms with Gasteiger partial charge in [0, 0.05) is 22.7 Å². The summed E-state index contributed by atoms with van der Waals surface area (Å²) in [6.07, 6.45) is 4.77. The molecule has 0 radical (unpaired) electrons. The van der Waals surface area contributed by atoms with Crippen LogP contribution in [0.5, 0.6) is 0 Å². The third-order valence-electron chi connectivity index (χ3n) is 4.53. The van der Waals surface area contributed by atoms with Gasteiger partial charge in [0.15, 0.2) is 0 Å². The third-order valence-corrected chi connectivity index (χ3v) is 4.53. The molecule has 25 heavy (non-hydrogen) atoms. The van der Waals surface area contributed by atoms with Crippen molar-refractivity contribution in [3.63, 3.8) is 0 Å². The van der Waals surface area contributed by atoms with E-state index >= 15 is 0 Å². The number of para-hydroxylation sites is 1. The van der Waals surface area contributed by atoms with E-state index in [9.17, 15) is 4.79 Å². The largest absolute Gasteiger partial charge is 0.361 e. The zero-order valence-electron chi connectivity index (χ0n) is 14.0. The summed E-state index contributed by atoms with van der Waals surface area (Å²) in [6.45, 7) is 6.11. The molecule has 0 unspecified atom stereocenters. The van der Waals surface area contributed by atoms with Crippen LogP contribution >= 0.6 is 0 Å². The molecule has 4 heteroatoms. The van der Waals surface area contributed by atoms with Crippen molar-refractivity contribution in [2.75, 3.05) is 0 Å². The first-order chi connectivity index (χ1) is 12.2. The summed E-state index contributed by atoms with van der Waals surface area (Å²) < 4.78 is 1.54. The number of fused-ring (bicyclic) bond motifs is 1. The number of aromatic nitrogens is 3. The Balaban J connectivity index is 1.88.